The molecule has 0 saturated heterocycles. The summed E-state index contributed by atoms with van der Waals surface area (Å²) in [4.78, 5) is 12.3. The van der Waals surface area contributed by atoms with Crippen molar-refractivity contribution in [3.05, 3.63) is 64.7 Å². The summed E-state index contributed by atoms with van der Waals surface area (Å²) in [6.45, 7) is 0. The molecular formula is C17H14O3. The van der Waals surface area contributed by atoms with Gasteiger partial charge in [0, 0.05) is 17.6 Å². The van der Waals surface area contributed by atoms with E-state index >= 15 is 0 Å². The van der Waals surface area contributed by atoms with Gasteiger partial charge < -0.3 is 9.84 Å². The summed E-state index contributed by atoms with van der Waals surface area (Å²) in [5.41, 5.74) is 3.45. The minimum Gasteiger partial charge on any atom is -0.504 e. The van der Waals surface area contributed by atoms with E-state index in [9.17, 15) is 9.90 Å². The molecular weight excluding hydrogens is 252 g/mol. The second kappa shape index (κ2) is 4.85. The largest absolute Gasteiger partial charge is 0.504 e. The number of hydrogen-bond acceptors (Lipinski definition) is 3. The van der Waals surface area contributed by atoms with Gasteiger partial charge >= 0.3 is 0 Å². The monoisotopic (exact) mass is 266 g/mol. The van der Waals surface area contributed by atoms with Gasteiger partial charge in [0.1, 0.15) is 0 Å². The smallest absolute Gasteiger partial charge is 0.189 e. The van der Waals surface area contributed by atoms with Crippen molar-refractivity contribution >= 4 is 11.9 Å². The maximum absolute atomic E-state index is 12.3. The van der Waals surface area contributed by atoms with Gasteiger partial charge in [-0.2, -0.15) is 0 Å². The Hall–Kier alpha value is -2.55. The molecule has 1 aliphatic rings. The fourth-order valence-electron chi connectivity index (χ4n) is 2.46. The number of allylic oxidation sites excluding steroid dienone is 1. The first kappa shape index (κ1) is 12.5. The quantitative estimate of drug-likeness (QED) is 0.849. The number of phenols is 1. The average Bonchev–Trinajstić information content (AvgIpc) is 2.78. The fourth-order valence-corrected chi connectivity index (χ4v) is 2.46. The third-order valence-corrected chi connectivity index (χ3v) is 3.48. The van der Waals surface area contributed by atoms with Crippen molar-refractivity contribution in [3.63, 3.8) is 0 Å². The van der Waals surface area contributed by atoms with Gasteiger partial charge in [-0.3, -0.25) is 4.79 Å². The van der Waals surface area contributed by atoms with Gasteiger partial charge in [0.15, 0.2) is 17.3 Å². The van der Waals surface area contributed by atoms with Crippen molar-refractivity contribution in [1.29, 1.82) is 0 Å². The molecule has 0 saturated carbocycles. The summed E-state index contributed by atoms with van der Waals surface area (Å²) < 4.78 is 5.07. The second-order valence-corrected chi connectivity index (χ2v) is 4.76. The lowest BCUT2D eigenvalue weighted by Gasteiger charge is -2.04. The van der Waals surface area contributed by atoms with Crippen LogP contribution in [-0.2, 0) is 6.42 Å². The zero-order valence-electron chi connectivity index (χ0n) is 11.1. The summed E-state index contributed by atoms with van der Waals surface area (Å²) in [6.07, 6.45) is 2.50. The molecule has 0 amide bonds. The average molecular weight is 266 g/mol. The Morgan fingerprint density at radius 1 is 1.20 bits per heavy atom. The lowest BCUT2D eigenvalue weighted by molar-refractivity contribution is 0.104. The lowest BCUT2D eigenvalue weighted by Crippen LogP contribution is -1.95. The molecule has 3 heteroatoms. The van der Waals surface area contributed by atoms with Crippen LogP contribution in [0.25, 0.3) is 6.08 Å². The zero-order valence-corrected chi connectivity index (χ0v) is 11.1. The van der Waals surface area contributed by atoms with Crippen molar-refractivity contribution in [2.45, 2.75) is 6.42 Å². The zero-order chi connectivity index (χ0) is 14.1. The van der Waals surface area contributed by atoms with Gasteiger partial charge in [-0.25, -0.2) is 0 Å². The van der Waals surface area contributed by atoms with E-state index in [-0.39, 0.29) is 11.5 Å². The molecule has 100 valence electrons. The van der Waals surface area contributed by atoms with Crippen LogP contribution >= 0.6 is 0 Å². The number of methoxy groups -OCH3 is 1. The van der Waals surface area contributed by atoms with Crippen LogP contribution in [-0.4, -0.2) is 18.0 Å². The number of carbonyl (C=O) groups excluding carboxylic acids is 1. The molecule has 0 aliphatic heterocycles. The van der Waals surface area contributed by atoms with E-state index in [0.29, 0.717) is 12.2 Å². The third-order valence-electron chi connectivity index (χ3n) is 3.48. The molecule has 0 atom stereocenters. The van der Waals surface area contributed by atoms with E-state index in [0.717, 1.165) is 22.3 Å². The molecule has 0 fully saturated rings. The minimum absolute atomic E-state index is 0.0765. The summed E-state index contributed by atoms with van der Waals surface area (Å²) in [5, 5.41) is 9.58. The standard InChI is InChI=1S/C17H14O3/c1-20-16-9-11(6-7-15(16)18)8-13-10-12-4-2-3-5-14(12)17(13)19/h2-9,18H,10H2,1H3/b13-8-. The minimum atomic E-state index is 0.0765. The fraction of sp³-hybridized carbons (Fsp3) is 0.118. The number of benzene rings is 2. The molecule has 20 heavy (non-hydrogen) atoms. The van der Waals surface area contributed by atoms with Crippen LogP contribution < -0.4 is 4.74 Å². The Balaban J connectivity index is 1.97. The van der Waals surface area contributed by atoms with Crippen LogP contribution in [0.5, 0.6) is 11.5 Å². The van der Waals surface area contributed by atoms with Crippen LogP contribution in [0.3, 0.4) is 0 Å². The number of phenolic OH excluding ortho intramolecular Hbond substituents is 1. The predicted octanol–water partition coefficient (Wildman–Crippen LogP) is 3.22. The second-order valence-electron chi connectivity index (χ2n) is 4.76. The highest BCUT2D eigenvalue weighted by Gasteiger charge is 2.23. The van der Waals surface area contributed by atoms with Gasteiger partial charge in [-0.05, 0) is 29.3 Å². The molecule has 0 spiro atoms. The lowest BCUT2D eigenvalue weighted by atomic mass is 10.1. The summed E-state index contributed by atoms with van der Waals surface area (Å²) in [6, 6.07) is 12.7. The molecule has 2 aromatic carbocycles. The maximum atomic E-state index is 12.3. The number of Topliss-reactive ketones (excluding diaryl/α,β-unsaturated/α-hetero) is 1. The van der Waals surface area contributed by atoms with Crippen LogP contribution in [0.1, 0.15) is 21.5 Å². The third kappa shape index (κ3) is 2.07. The van der Waals surface area contributed by atoms with Crippen molar-refractivity contribution in [1.82, 2.24) is 0 Å². The molecule has 3 rings (SSSR count). The molecule has 0 radical (unpaired) electrons. The number of aromatic hydroxyl groups is 1. The Labute approximate surface area is 117 Å². The summed E-state index contributed by atoms with van der Waals surface area (Å²) >= 11 is 0. The molecule has 2 aromatic rings. The number of fused-ring (bicyclic) bond motifs is 1. The van der Waals surface area contributed by atoms with Crippen LogP contribution in [0.4, 0.5) is 0 Å². The van der Waals surface area contributed by atoms with Crippen LogP contribution in [0.15, 0.2) is 48.0 Å². The van der Waals surface area contributed by atoms with E-state index in [1.807, 2.05) is 30.3 Å². The van der Waals surface area contributed by atoms with Gasteiger partial charge in [0.05, 0.1) is 7.11 Å². The number of ether oxygens (including phenoxy) is 1. The molecule has 1 aliphatic carbocycles. The molecule has 0 bridgehead atoms. The Kier molecular flexibility index (Phi) is 3.03. The van der Waals surface area contributed by atoms with Crippen LogP contribution in [0, 0.1) is 0 Å². The van der Waals surface area contributed by atoms with E-state index < -0.39 is 0 Å². The maximum Gasteiger partial charge on any atom is 0.189 e. The molecule has 1 N–H and O–H groups in total. The van der Waals surface area contributed by atoms with Crippen molar-refractivity contribution in [3.8, 4) is 11.5 Å². The normalized spacial score (nSPS) is 15.4. The van der Waals surface area contributed by atoms with Crippen molar-refractivity contribution in [2.75, 3.05) is 7.11 Å². The Morgan fingerprint density at radius 2 is 2.00 bits per heavy atom. The Bertz CT molecular complexity index is 714. The Morgan fingerprint density at radius 3 is 2.75 bits per heavy atom. The summed E-state index contributed by atoms with van der Waals surface area (Å²) in [5.74, 6) is 0.575. The molecule has 0 aromatic heterocycles. The van der Waals surface area contributed by atoms with Crippen molar-refractivity contribution < 1.29 is 14.6 Å². The topological polar surface area (TPSA) is 46.5 Å². The molecule has 3 nitrogen and oxygen atoms in total. The number of rotatable bonds is 2. The van der Waals surface area contributed by atoms with E-state index in [1.54, 1.807) is 18.2 Å². The number of hydrogen-bond donors (Lipinski definition) is 1. The molecule has 0 unspecified atom stereocenters. The highest BCUT2D eigenvalue weighted by atomic mass is 16.5. The van der Waals surface area contributed by atoms with Gasteiger partial charge in [0.2, 0.25) is 0 Å². The predicted molar refractivity (Wildman–Crippen MR) is 77.1 cm³/mol. The van der Waals surface area contributed by atoms with Crippen LogP contribution in [0.2, 0.25) is 0 Å². The number of ketones is 1. The van der Waals surface area contributed by atoms with E-state index in [4.69, 9.17) is 4.74 Å². The number of carbonyl (C=O) groups is 1. The van der Waals surface area contributed by atoms with E-state index in [2.05, 4.69) is 0 Å². The highest BCUT2D eigenvalue weighted by molar-refractivity contribution is 6.15. The van der Waals surface area contributed by atoms with Gasteiger partial charge in [-0.15, -0.1) is 0 Å². The summed E-state index contributed by atoms with van der Waals surface area (Å²) in [7, 11) is 1.50. The molecule has 0 heterocycles. The highest BCUT2D eigenvalue weighted by Crippen LogP contribution is 2.30. The first-order valence-electron chi connectivity index (χ1n) is 6.39. The first-order chi connectivity index (χ1) is 9.69. The van der Waals surface area contributed by atoms with Gasteiger partial charge in [0.25, 0.3) is 0 Å². The van der Waals surface area contributed by atoms with Gasteiger partial charge in [-0.1, -0.05) is 30.3 Å². The SMILES string of the molecule is COc1cc(/C=C2/Cc3ccccc3C2=O)ccc1O. The first-order valence-corrected chi connectivity index (χ1v) is 6.39. The van der Waals surface area contributed by atoms with E-state index in [1.165, 1.54) is 7.11 Å². The van der Waals surface area contributed by atoms with Crippen molar-refractivity contribution in [2.24, 2.45) is 0 Å².